The van der Waals surface area contributed by atoms with Crippen molar-refractivity contribution in [3.05, 3.63) is 92.7 Å². The van der Waals surface area contributed by atoms with E-state index in [9.17, 15) is 29.4 Å². The van der Waals surface area contributed by atoms with Crippen LogP contribution in [0.4, 0.5) is 0 Å². The van der Waals surface area contributed by atoms with Crippen molar-refractivity contribution in [1.29, 1.82) is 0 Å². The van der Waals surface area contributed by atoms with E-state index < -0.39 is 44.9 Å². The molecular formula is C46H52BrCl2NO10S2. The number of fused-ring (bicyclic) bond motifs is 10. The summed E-state index contributed by atoms with van der Waals surface area (Å²) in [5.74, 6) is -2.68. The van der Waals surface area contributed by atoms with Crippen LogP contribution in [-0.4, -0.2) is 105 Å². The average Bonchev–Trinajstić information content (AvgIpc) is 3.81. The molecule has 62 heavy (non-hydrogen) atoms. The number of aliphatic hydroxyl groups is 2. The van der Waals surface area contributed by atoms with Gasteiger partial charge in [-0.05, 0) is 84.7 Å². The lowest BCUT2D eigenvalue weighted by molar-refractivity contribution is -0.938. The minimum atomic E-state index is -1.72. The Morgan fingerprint density at radius 3 is 2.21 bits per heavy atom. The number of epoxide rings is 1. The molecule has 2 bridgehead atoms. The number of alkyl halides is 2. The Bertz CT molecular complexity index is 2230. The number of halogens is 3. The summed E-state index contributed by atoms with van der Waals surface area (Å²) in [6.45, 7) is 5.81. The zero-order valence-corrected chi connectivity index (χ0v) is 39.9. The first-order valence-corrected chi connectivity index (χ1v) is 23.7. The summed E-state index contributed by atoms with van der Waals surface area (Å²) in [6, 6.07) is 11.1. The Kier molecular flexibility index (Phi) is 11.9. The largest absolute Gasteiger partial charge is 1.00 e. The van der Waals surface area contributed by atoms with Crippen molar-refractivity contribution in [2.75, 3.05) is 20.0 Å². The summed E-state index contributed by atoms with van der Waals surface area (Å²) in [7, 11) is 4.49. The predicted octanol–water partition coefficient (Wildman–Crippen LogP) is 4.22. The second-order valence-electron chi connectivity index (χ2n) is 19.1. The molecular weight excluding hydrogens is 941 g/mol. The number of morpholine rings is 1. The fourth-order valence-electron chi connectivity index (χ4n) is 12.9. The van der Waals surface area contributed by atoms with Crippen molar-refractivity contribution in [3.63, 3.8) is 0 Å². The third kappa shape index (κ3) is 6.50. The van der Waals surface area contributed by atoms with Gasteiger partial charge in [-0.25, -0.2) is 9.59 Å². The number of allylic oxidation sites excluding steroid dienone is 4. The Labute approximate surface area is 389 Å². The highest BCUT2D eigenvalue weighted by Crippen LogP contribution is 2.72. The minimum absolute atomic E-state index is 0. The number of rotatable bonds is 8. The highest BCUT2D eigenvalue weighted by molar-refractivity contribution is 7.12. The Morgan fingerprint density at radius 1 is 1.00 bits per heavy atom. The fraction of sp³-hybridized carbons (Fsp3) is 0.565. The second-order valence-corrected chi connectivity index (χ2v) is 21.8. The van der Waals surface area contributed by atoms with Crippen molar-refractivity contribution < 1.29 is 69.5 Å². The molecule has 6 fully saturated rings. The number of Topliss-reactive ketones (excluding diaryl/α,β-unsaturated/α-hetero) is 1. The van der Waals surface area contributed by atoms with Crippen molar-refractivity contribution in [2.24, 2.45) is 28.6 Å². The topological polar surface area (TPSA) is 153 Å². The van der Waals surface area contributed by atoms with E-state index in [0.717, 1.165) is 22.9 Å². The number of piperidine rings is 1. The van der Waals surface area contributed by atoms with Gasteiger partial charge in [-0.15, -0.1) is 45.9 Å². The first-order valence-electron chi connectivity index (χ1n) is 21.1. The highest BCUT2D eigenvalue weighted by atomic mass is 79.9. The van der Waals surface area contributed by atoms with Gasteiger partial charge in [0, 0.05) is 29.6 Å². The van der Waals surface area contributed by atoms with Crippen LogP contribution in [-0.2, 0) is 34.2 Å². The van der Waals surface area contributed by atoms with Crippen LogP contribution >= 0.6 is 45.9 Å². The molecule has 3 saturated carbocycles. The van der Waals surface area contributed by atoms with Crippen molar-refractivity contribution >= 4 is 69.4 Å². The number of hydrogen-bond donors (Lipinski definition) is 2. The quantitative estimate of drug-likeness (QED) is 0.145. The van der Waals surface area contributed by atoms with Gasteiger partial charge in [0.1, 0.15) is 30.4 Å². The van der Waals surface area contributed by atoms with Gasteiger partial charge in [-0.1, -0.05) is 44.6 Å². The van der Waals surface area contributed by atoms with E-state index in [1.807, 2.05) is 49.7 Å². The lowest BCUT2D eigenvalue weighted by Gasteiger charge is -2.64. The lowest BCUT2D eigenvalue weighted by Crippen LogP contribution is -3.00. The number of carbonyl (C=O) groups is 4. The smallest absolute Gasteiger partial charge is 0.375 e. The lowest BCUT2D eigenvalue weighted by atomic mass is 9.45. The first-order chi connectivity index (χ1) is 28.9. The molecule has 2 N–H and O–H groups in total. The third-order valence-electron chi connectivity index (χ3n) is 16.1. The number of hydrogen-bond acceptors (Lipinski definition) is 12. The van der Waals surface area contributed by atoms with Gasteiger partial charge in [0.15, 0.2) is 17.2 Å². The summed E-state index contributed by atoms with van der Waals surface area (Å²) >= 11 is 16.3. The number of carbonyl (C=O) groups excluding carboxylic acids is 4. The SMILES string of the molecule is C[C@@H]1C[C@H]2[C@@H]3CCC4=CC(=O)C=C[C@]4(C)[C@@]3(Cl)[C@@H](O)C[C@]2(C)[C@@]1(OC(=O)c1ccco1)C(=O)CCl.C[N+]1(C)C2CC(OC(=O)C(O)(c3cccs3)c3cccs3)CC1[C@@H]1O[C@H]21.[Br-]. The molecule has 0 radical (unpaired) electrons. The van der Waals surface area contributed by atoms with Gasteiger partial charge >= 0.3 is 11.9 Å². The Balaban J connectivity index is 0.000000175. The molecule has 16 heteroatoms. The third-order valence-corrected chi connectivity index (χ3v) is 19.2. The second kappa shape index (κ2) is 16.0. The fourth-order valence-corrected chi connectivity index (χ4v) is 15.4. The molecule has 3 aromatic rings. The monoisotopic (exact) mass is 991 g/mol. The minimum Gasteiger partial charge on any atom is -1.00 e. The number of esters is 2. The standard InChI is InChI=1S/C27H30Cl2O6.C19H22NO4S2.BrH/c1-15-11-19-18-7-6-16-12-17(30)8-9-24(16,2)26(18,29)21(31)13-25(19,3)27(15,22(32)14-28)35-23(33)20-5-4-10-34-20;1-20(2)12-9-11(10-13(20)17-16(12)24-17)23-18(21)19(22,14-5-3-7-25-14)15-6-4-8-26-15;/h4-5,8-10,12,15,18-19,21,31H,6-7,11,13-14H2,1-3H3;3-8,11-13,16-17,22H,9-10H2,1-2H3;1H/q;+1;/p-1/t15-,18+,19+,21+,24+,25+,26+,27+;11?,12?,13?,16-,17+;/m1../s1. The van der Waals surface area contributed by atoms with Crippen molar-refractivity contribution in [3.8, 4) is 0 Å². The first kappa shape index (κ1) is 45.9. The van der Waals surface area contributed by atoms with Gasteiger partial charge in [0.25, 0.3) is 0 Å². The van der Waals surface area contributed by atoms with Crippen molar-refractivity contribution in [1.82, 2.24) is 0 Å². The number of quaternary nitrogens is 1. The molecule has 3 unspecified atom stereocenters. The molecule has 334 valence electrons. The van der Waals surface area contributed by atoms with Crippen LogP contribution in [0.5, 0.6) is 0 Å². The summed E-state index contributed by atoms with van der Waals surface area (Å²) in [5, 5.41) is 26.9. The highest BCUT2D eigenvalue weighted by Gasteiger charge is 2.76. The number of furan rings is 1. The van der Waals surface area contributed by atoms with Gasteiger partial charge < -0.3 is 50.3 Å². The predicted molar refractivity (Wildman–Crippen MR) is 229 cm³/mol. The number of ether oxygens (including phenoxy) is 3. The summed E-state index contributed by atoms with van der Waals surface area (Å²) < 4.78 is 24.0. The number of thiophene rings is 2. The number of nitrogens with zero attached hydrogens (tertiary/aromatic N) is 1. The van der Waals surface area contributed by atoms with Crippen LogP contribution in [0.15, 0.2) is 81.6 Å². The molecule has 13 atom stereocenters. The van der Waals surface area contributed by atoms with E-state index in [2.05, 4.69) is 14.1 Å². The van der Waals surface area contributed by atoms with E-state index in [0.29, 0.717) is 53.3 Å². The summed E-state index contributed by atoms with van der Waals surface area (Å²) in [5.41, 5.74) is -3.92. The van der Waals surface area contributed by atoms with E-state index >= 15 is 0 Å². The average molecular weight is 994 g/mol. The van der Waals surface area contributed by atoms with E-state index in [1.165, 1.54) is 41.1 Å². The molecule has 7 aliphatic rings. The maximum atomic E-state index is 13.6. The molecule has 3 saturated heterocycles. The maximum Gasteiger partial charge on any atom is 0.375 e. The molecule has 0 aromatic carbocycles. The molecule has 4 aliphatic carbocycles. The maximum absolute atomic E-state index is 13.6. The summed E-state index contributed by atoms with van der Waals surface area (Å²) in [6.07, 6.45) is 9.49. The molecule has 6 heterocycles. The van der Waals surface area contributed by atoms with Crippen LogP contribution in [0.3, 0.4) is 0 Å². The zero-order chi connectivity index (χ0) is 43.5. The van der Waals surface area contributed by atoms with Gasteiger partial charge in [0.2, 0.25) is 11.4 Å². The Hall–Kier alpha value is -2.66. The normalized spacial score (nSPS) is 39.3. The number of ketones is 2. The van der Waals surface area contributed by atoms with Crippen LogP contribution < -0.4 is 17.0 Å². The van der Waals surface area contributed by atoms with Gasteiger partial charge in [-0.2, -0.15) is 0 Å². The van der Waals surface area contributed by atoms with E-state index in [-0.39, 0.29) is 70.5 Å². The summed E-state index contributed by atoms with van der Waals surface area (Å²) in [4.78, 5) is 52.0. The Morgan fingerprint density at radius 2 is 1.65 bits per heavy atom. The van der Waals surface area contributed by atoms with Crippen molar-refractivity contribution in [2.45, 2.75) is 112 Å². The number of likely N-dealkylation sites (N-methyl/N-ethyl adjacent to an activating group) is 1. The molecule has 11 nitrogen and oxygen atoms in total. The van der Waals surface area contributed by atoms with Crippen LogP contribution in [0, 0.1) is 28.6 Å². The molecule has 0 spiro atoms. The van der Waals surface area contributed by atoms with Gasteiger partial charge in [0.05, 0.1) is 47.0 Å². The molecule has 3 aliphatic heterocycles. The van der Waals surface area contributed by atoms with Crippen LogP contribution in [0.1, 0.15) is 79.6 Å². The van der Waals surface area contributed by atoms with Crippen LogP contribution in [0.2, 0.25) is 0 Å². The van der Waals surface area contributed by atoms with E-state index in [4.69, 9.17) is 41.8 Å². The van der Waals surface area contributed by atoms with Crippen LogP contribution in [0.25, 0.3) is 0 Å². The molecule has 3 aromatic heterocycles. The molecule has 0 amide bonds. The molecule has 10 rings (SSSR count). The zero-order valence-electron chi connectivity index (χ0n) is 35.1. The number of aliphatic hydroxyl groups excluding tert-OH is 1. The van der Waals surface area contributed by atoms with Gasteiger partial charge in [-0.3, -0.25) is 9.59 Å². The van der Waals surface area contributed by atoms with E-state index in [1.54, 1.807) is 24.3 Å².